The van der Waals surface area contributed by atoms with Gasteiger partial charge in [0.05, 0.1) is 10.7 Å². The van der Waals surface area contributed by atoms with Crippen LogP contribution in [0.4, 0.5) is 5.69 Å². The topological polar surface area (TPSA) is 32.3 Å². The largest absolute Gasteiger partial charge is 0.316 e. The number of nitrogens with one attached hydrogen (secondary N) is 1. The van der Waals surface area contributed by atoms with E-state index in [-0.39, 0.29) is 5.91 Å². The molecule has 3 rings (SSSR count). The highest BCUT2D eigenvalue weighted by Crippen LogP contribution is 2.43. The number of nitrogens with zero attached hydrogens (tertiary/aromatic N) is 1. The van der Waals surface area contributed by atoms with Gasteiger partial charge in [0, 0.05) is 25.9 Å². The van der Waals surface area contributed by atoms with Gasteiger partial charge in [-0.2, -0.15) is 0 Å². The maximum atomic E-state index is 11.7. The molecule has 0 unspecified atom stereocenters. The maximum Gasteiger partial charge on any atom is 0.223 e. The van der Waals surface area contributed by atoms with Crippen LogP contribution in [-0.2, 0) is 11.2 Å². The van der Waals surface area contributed by atoms with Gasteiger partial charge in [0.1, 0.15) is 0 Å². The quantitative estimate of drug-likeness (QED) is 0.763. The van der Waals surface area contributed by atoms with Gasteiger partial charge in [0.15, 0.2) is 0 Å². The molecule has 2 heterocycles. The minimum Gasteiger partial charge on any atom is -0.316 e. The average Bonchev–Trinajstić information content (AvgIpc) is 2.57. The third kappa shape index (κ3) is 1.65. The maximum absolute atomic E-state index is 11.7. The van der Waals surface area contributed by atoms with Crippen LogP contribution in [0, 0.1) is 0 Å². The van der Waals surface area contributed by atoms with E-state index in [0.717, 1.165) is 31.7 Å². The van der Waals surface area contributed by atoms with Gasteiger partial charge in [0.25, 0.3) is 0 Å². The number of hydrogen-bond acceptors (Lipinski definition) is 2. The zero-order chi connectivity index (χ0) is 12.0. The van der Waals surface area contributed by atoms with Crippen molar-refractivity contribution in [3.8, 4) is 0 Å². The zero-order valence-corrected chi connectivity index (χ0v) is 10.5. The van der Waals surface area contributed by atoms with Crippen LogP contribution in [0.3, 0.4) is 0 Å². The van der Waals surface area contributed by atoms with E-state index in [2.05, 4.69) is 11.4 Å². The summed E-state index contributed by atoms with van der Waals surface area (Å²) >= 11 is 6.27. The molecule has 0 bridgehead atoms. The normalized spacial score (nSPS) is 22.2. The van der Waals surface area contributed by atoms with E-state index in [9.17, 15) is 4.79 Å². The predicted octanol–water partition coefficient (Wildman–Crippen LogP) is 1.94. The second-order valence-electron chi connectivity index (χ2n) is 4.75. The molecule has 90 valence electrons. The van der Waals surface area contributed by atoms with Crippen LogP contribution in [0.2, 0.25) is 5.02 Å². The summed E-state index contributed by atoms with van der Waals surface area (Å²) in [5.74, 6) is 0.471. The van der Waals surface area contributed by atoms with E-state index in [4.69, 9.17) is 11.6 Å². The molecule has 0 spiro atoms. The molecule has 1 amide bonds. The number of halogens is 1. The number of hydrogen-bond donors (Lipinski definition) is 1. The highest BCUT2D eigenvalue weighted by Gasteiger charge is 2.35. The predicted molar refractivity (Wildman–Crippen MR) is 68.8 cm³/mol. The standard InChI is InChI=1S/C13H15ClN2O/c1-8(17)16-7-10-6-15-5-4-9-2-3-11(14)13(16)12(9)10/h2-3,10,15H,4-7H2,1H3/t10-/m1/s1. The van der Waals surface area contributed by atoms with Crippen LogP contribution in [0.5, 0.6) is 0 Å². The third-order valence-electron chi connectivity index (χ3n) is 3.68. The highest BCUT2D eigenvalue weighted by atomic mass is 35.5. The second kappa shape index (κ2) is 4.00. The number of anilines is 1. The molecule has 1 aromatic carbocycles. The van der Waals surface area contributed by atoms with Crippen LogP contribution >= 0.6 is 11.6 Å². The lowest BCUT2D eigenvalue weighted by atomic mass is 9.95. The van der Waals surface area contributed by atoms with Crippen LogP contribution in [0.15, 0.2) is 12.1 Å². The van der Waals surface area contributed by atoms with Gasteiger partial charge in [-0.15, -0.1) is 0 Å². The highest BCUT2D eigenvalue weighted by molar-refractivity contribution is 6.34. The third-order valence-corrected chi connectivity index (χ3v) is 3.99. The Balaban J connectivity index is 2.20. The molecule has 1 N–H and O–H groups in total. The van der Waals surface area contributed by atoms with Gasteiger partial charge in [-0.3, -0.25) is 4.79 Å². The lowest BCUT2D eigenvalue weighted by Gasteiger charge is -2.17. The molecule has 1 aromatic rings. The minimum absolute atomic E-state index is 0.0772. The molecule has 17 heavy (non-hydrogen) atoms. The first kappa shape index (κ1) is 11.1. The lowest BCUT2D eigenvalue weighted by Crippen LogP contribution is -2.30. The Kier molecular flexibility index (Phi) is 2.60. The molecule has 0 aliphatic carbocycles. The fourth-order valence-corrected chi connectivity index (χ4v) is 3.19. The van der Waals surface area contributed by atoms with E-state index < -0.39 is 0 Å². The van der Waals surface area contributed by atoms with Crippen molar-refractivity contribution < 1.29 is 4.79 Å². The van der Waals surface area contributed by atoms with Gasteiger partial charge < -0.3 is 10.2 Å². The number of amides is 1. The first-order chi connectivity index (χ1) is 8.18. The van der Waals surface area contributed by atoms with E-state index in [1.807, 2.05) is 11.0 Å². The van der Waals surface area contributed by atoms with Crippen LogP contribution in [-0.4, -0.2) is 25.5 Å². The Hall–Kier alpha value is -1.06. The first-order valence-corrected chi connectivity index (χ1v) is 6.36. The van der Waals surface area contributed by atoms with E-state index in [1.54, 1.807) is 6.92 Å². The zero-order valence-electron chi connectivity index (χ0n) is 9.79. The van der Waals surface area contributed by atoms with Crippen molar-refractivity contribution in [2.45, 2.75) is 19.3 Å². The molecule has 0 radical (unpaired) electrons. The Morgan fingerprint density at radius 2 is 2.35 bits per heavy atom. The molecule has 1 atom stereocenters. The smallest absolute Gasteiger partial charge is 0.223 e. The summed E-state index contributed by atoms with van der Waals surface area (Å²) in [5, 5.41) is 4.12. The lowest BCUT2D eigenvalue weighted by molar-refractivity contribution is -0.116. The molecule has 0 saturated carbocycles. The van der Waals surface area contributed by atoms with Crippen molar-refractivity contribution in [1.29, 1.82) is 0 Å². The molecular weight excluding hydrogens is 236 g/mol. The molecule has 0 fully saturated rings. The summed E-state index contributed by atoms with van der Waals surface area (Å²) in [6, 6.07) is 4.02. The Bertz CT molecular complexity index is 487. The number of benzene rings is 1. The monoisotopic (exact) mass is 250 g/mol. The van der Waals surface area contributed by atoms with Crippen molar-refractivity contribution in [3.05, 3.63) is 28.3 Å². The van der Waals surface area contributed by atoms with Gasteiger partial charge in [-0.05, 0) is 30.2 Å². The van der Waals surface area contributed by atoms with Gasteiger partial charge >= 0.3 is 0 Å². The average molecular weight is 251 g/mol. The van der Waals surface area contributed by atoms with E-state index in [1.165, 1.54) is 11.1 Å². The van der Waals surface area contributed by atoms with Crippen LogP contribution < -0.4 is 10.2 Å². The number of rotatable bonds is 0. The fraction of sp³-hybridized carbons (Fsp3) is 0.462. The van der Waals surface area contributed by atoms with Crippen molar-refractivity contribution >= 4 is 23.2 Å². The molecule has 4 heteroatoms. The second-order valence-corrected chi connectivity index (χ2v) is 5.16. The van der Waals surface area contributed by atoms with E-state index >= 15 is 0 Å². The molecule has 0 saturated heterocycles. The molecule has 2 aliphatic rings. The van der Waals surface area contributed by atoms with Gasteiger partial charge in [0.2, 0.25) is 5.91 Å². The van der Waals surface area contributed by atoms with Gasteiger partial charge in [-0.1, -0.05) is 17.7 Å². The summed E-state index contributed by atoms with van der Waals surface area (Å²) in [7, 11) is 0. The Morgan fingerprint density at radius 3 is 3.12 bits per heavy atom. The van der Waals surface area contributed by atoms with Crippen molar-refractivity contribution in [2.24, 2.45) is 0 Å². The SMILES string of the molecule is CC(=O)N1C[C@H]2CNCCc3ccc(Cl)c1c32. The minimum atomic E-state index is 0.0772. The van der Waals surface area contributed by atoms with Crippen molar-refractivity contribution in [1.82, 2.24) is 5.32 Å². The number of carbonyl (C=O) groups excluding carboxylic acids is 1. The molecule has 2 aliphatic heterocycles. The summed E-state index contributed by atoms with van der Waals surface area (Å²) in [4.78, 5) is 13.5. The van der Waals surface area contributed by atoms with Crippen molar-refractivity contribution in [2.75, 3.05) is 24.5 Å². The Morgan fingerprint density at radius 1 is 1.53 bits per heavy atom. The summed E-state index contributed by atoms with van der Waals surface area (Å²) in [6.07, 6.45) is 1.02. The van der Waals surface area contributed by atoms with Crippen LogP contribution in [0.25, 0.3) is 0 Å². The van der Waals surface area contributed by atoms with E-state index in [0.29, 0.717) is 10.9 Å². The first-order valence-electron chi connectivity index (χ1n) is 5.98. The summed E-state index contributed by atoms with van der Waals surface area (Å²) < 4.78 is 0. The molecular formula is C13H15ClN2O. The van der Waals surface area contributed by atoms with Gasteiger partial charge in [-0.25, -0.2) is 0 Å². The van der Waals surface area contributed by atoms with Crippen molar-refractivity contribution in [3.63, 3.8) is 0 Å². The summed E-state index contributed by atoms with van der Waals surface area (Å²) in [5.41, 5.74) is 3.58. The molecule has 3 nitrogen and oxygen atoms in total. The Labute approximate surface area is 106 Å². The molecule has 0 aromatic heterocycles. The number of carbonyl (C=O) groups is 1. The fourth-order valence-electron chi connectivity index (χ4n) is 2.93. The van der Waals surface area contributed by atoms with Crippen LogP contribution in [0.1, 0.15) is 24.0 Å². The summed E-state index contributed by atoms with van der Waals surface area (Å²) in [6.45, 7) is 4.30.